The summed E-state index contributed by atoms with van der Waals surface area (Å²) in [5.41, 5.74) is 3.31. The van der Waals surface area contributed by atoms with Gasteiger partial charge in [-0.2, -0.15) is 30.7 Å². The fraction of sp³-hybridized carbons (Fsp3) is 0.367. The second-order valence-corrected chi connectivity index (χ2v) is 10.4. The molecule has 3 aromatic carbocycles. The van der Waals surface area contributed by atoms with Crippen molar-refractivity contribution in [1.82, 2.24) is 5.32 Å². The molecule has 0 aliphatic carbocycles. The molecule has 0 bridgehead atoms. The van der Waals surface area contributed by atoms with Gasteiger partial charge in [-0.3, -0.25) is 4.79 Å². The molecule has 2 atom stereocenters. The number of hydrogen-bond donors (Lipinski definition) is 3. The quantitative estimate of drug-likeness (QED) is 0.174. The van der Waals surface area contributed by atoms with Crippen molar-refractivity contribution in [2.24, 2.45) is 5.73 Å². The van der Waals surface area contributed by atoms with Gasteiger partial charge in [-0.25, -0.2) is 8.78 Å². The van der Waals surface area contributed by atoms with E-state index < -0.39 is 72.7 Å². The molecule has 3 aromatic rings. The maximum absolute atomic E-state index is 15.0. The average Bonchev–Trinajstić information content (AvgIpc) is 2.90. The molecule has 246 valence electrons. The third-order valence-corrected chi connectivity index (χ3v) is 6.47. The van der Waals surface area contributed by atoms with Gasteiger partial charge in [-0.05, 0) is 73.4 Å². The van der Waals surface area contributed by atoms with Gasteiger partial charge in [0.2, 0.25) is 5.91 Å². The first-order valence-corrected chi connectivity index (χ1v) is 13.3. The third-order valence-electron chi connectivity index (χ3n) is 6.47. The van der Waals surface area contributed by atoms with E-state index in [-0.39, 0.29) is 28.9 Å². The van der Waals surface area contributed by atoms with Crippen LogP contribution in [0.1, 0.15) is 47.3 Å². The van der Waals surface area contributed by atoms with Gasteiger partial charge >= 0.3 is 18.7 Å². The summed E-state index contributed by atoms with van der Waals surface area (Å²) in [5, 5.41) is 13.0. The van der Waals surface area contributed by atoms with Gasteiger partial charge in [0.05, 0.1) is 24.2 Å². The Kier molecular flexibility index (Phi) is 11.0. The summed E-state index contributed by atoms with van der Waals surface area (Å²) in [7, 11) is 0. The molecule has 0 heterocycles. The number of amides is 1. The molecule has 0 radical (unpaired) electrons. The van der Waals surface area contributed by atoms with E-state index in [2.05, 4.69) is 10.1 Å². The molecular formula is C30H29F9N2O4. The Balaban J connectivity index is 2.31. The van der Waals surface area contributed by atoms with Crippen LogP contribution in [0.4, 0.5) is 39.5 Å². The van der Waals surface area contributed by atoms with Crippen LogP contribution in [0.15, 0.2) is 60.7 Å². The minimum Gasteiger partial charge on any atom is -0.488 e. The molecule has 0 unspecified atom stereocenters. The van der Waals surface area contributed by atoms with Gasteiger partial charge in [-0.15, -0.1) is 0 Å². The SMILES string of the molecule is CC(C)Oc1cc([C@](Cc2ccc(C(N)=O)cc2)(NC[C@H](O)CC(F)(F)F)c2cc(F)cc(OC(F)(F)C(F)F)c2)ccc1F. The maximum atomic E-state index is 15.0. The first kappa shape index (κ1) is 35.5. The maximum Gasteiger partial charge on any atom is 0.461 e. The minimum atomic E-state index is -5.05. The molecule has 0 saturated carbocycles. The Labute approximate surface area is 251 Å². The zero-order chi connectivity index (χ0) is 33.7. The number of aliphatic hydroxyl groups is 1. The van der Waals surface area contributed by atoms with Crippen LogP contribution in [0.5, 0.6) is 11.5 Å². The number of benzene rings is 3. The molecule has 6 nitrogen and oxygen atoms in total. The number of halogens is 9. The lowest BCUT2D eigenvalue weighted by molar-refractivity contribution is -0.253. The van der Waals surface area contributed by atoms with E-state index in [1.807, 2.05) is 0 Å². The predicted molar refractivity (Wildman–Crippen MR) is 144 cm³/mol. The molecule has 3 rings (SSSR count). The number of carbonyl (C=O) groups is 1. The molecule has 0 fully saturated rings. The number of rotatable bonds is 14. The summed E-state index contributed by atoms with van der Waals surface area (Å²) >= 11 is 0. The number of ether oxygens (including phenoxy) is 2. The molecule has 0 spiro atoms. The Morgan fingerprint density at radius 3 is 2.13 bits per heavy atom. The number of nitrogens with one attached hydrogen (secondary N) is 1. The van der Waals surface area contributed by atoms with Gasteiger partial charge in [0, 0.05) is 18.2 Å². The highest BCUT2D eigenvalue weighted by Crippen LogP contribution is 2.39. The van der Waals surface area contributed by atoms with Crippen LogP contribution in [0.3, 0.4) is 0 Å². The van der Waals surface area contributed by atoms with Gasteiger partial charge in [0.25, 0.3) is 0 Å². The summed E-state index contributed by atoms with van der Waals surface area (Å²) in [4.78, 5) is 11.6. The van der Waals surface area contributed by atoms with Crippen molar-refractivity contribution in [2.45, 2.75) is 63.1 Å². The Hall–Kier alpha value is -3.98. The van der Waals surface area contributed by atoms with Crippen molar-refractivity contribution >= 4 is 5.91 Å². The molecule has 0 aromatic heterocycles. The fourth-order valence-electron chi connectivity index (χ4n) is 4.54. The first-order valence-electron chi connectivity index (χ1n) is 13.3. The van der Waals surface area contributed by atoms with E-state index in [1.165, 1.54) is 24.3 Å². The fourth-order valence-corrected chi connectivity index (χ4v) is 4.54. The van der Waals surface area contributed by atoms with E-state index in [9.17, 15) is 49.4 Å². The van der Waals surface area contributed by atoms with Crippen molar-refractivity contribution < 1.29 is 58.9 Å². The Bertz CT molecular complexity index is 1470. The summed E-state index contributed by atoms with van der Waals surface area (Å²) in [5.74, 6) is -4.32. The summed E-state index contributed by atoms with van der Waals surface area (Å²) in [6.07, 6.45) is -18.9. The number of alkyl halides is 7. The van der Waals surface area contributed by atoms with Gasteiger partial charge in [0.15, 0.2) is 11.6 Å². The number of carbonyl (C=O) groups excluding carboxylic acids is 1. The van der Waals surface area contributed by atoms with Crippen molar-refractivity contribution in [3.8, 4) is 11.5 Å². The lowest BCUT2D eigenvalue weighted by Crippen LogP contribution is -2.49. The molecule has 0 aliphatic heterocycles. The van der Waals surface area contributed by atoms with Crippen molar-refractivity contribution in [1.29, 1.82) is 0 Å². The Morgan fingerprint density at radius 1 is 0.933 bits per heavy atom. The minimum absolute atomic E-state index is 0.0186. The van der Waals surface area contributed by atoms with E-state index in [4.69, 9.17) is 10.5 Å². The highest BCUT2D eigenvalue weighted by Gasteiger charge is 2.45. The standard InChI is InChI=1S/C30H29F9N2O4/c1-16(2)44-25-11-19(7-8-24(25)32)28(41-15-22(42)14-29(35,36)37,13-17-3-5-18(6-4-17)26(40)43)20-9-21(31)12-23(10-20)45-30(38,39)27(33)34/h3-12,16,22,27,41-42H,13-15H2,1-2H3,(H2,40,43)/t22-,28+/m1/s1. The summed E-state index contributed by atoms with van der Waals surface area (Å²) in [6.45, 7) is 2.31. The van der Waals surface area contributed by atoms with Crippen LogP contribution < -0.4 is 20.5 Å². The lowest BCUT2D eigenvalue weighted by atomic mass is 9.77. The second kappa shape index (κ2) is 14.0. The molecule has 4 N–H and O–H groups in total. The van der Waals surface area contributed by atoms with Crippen LogP contribution in [-0.2, 0) is 12.0 Å². The Morgan fingerprint density at radius 2 is 1.58 bits per heavy atom. The zero-order valence-corrected chi connectivity index (χ0v) is 23.8. The monoisotopic (exact) mass is 652 g/mol. The number of aliphatic hydroxyl groups excluding tert-OH is 1. The molecule has 0 saturated heterocycles. The zero-order valence-electron chi connectivity index (χ0n) is 23.8. The molecule has 45 heavy (non-hydrogen) atoms. The van der Waals surface area contributed by atoms with E-state index >= 15 is 0 Å². The van der Waals surface area contributed by atoms with Crippen LogP contribution in [-0.4, -0.2) is 48.5 Å². The molecule has 1 amide bonds. The normalized spacial score (nSPS) is 14.4. The molecular weight excluding hydrogens is 623 g/mol. The van der Waals surface area contributed by atoms with Crippen molar-refractivity contribution in [3.63, 3.8) is 0 Å². The van der Waals surface area contributed by atoms with E-state index in [0.29, 0.717) is 11.6 Å². The van der Waals surface area contributed by atoms with Gasteiger partial charge in [0.1, 0.15) is 11.6 Å². The van der Waals surface area contributed by atoms with E-state index in [0.717, 1.165) is 30.3 Å². The van der Waals surface area contributed by atoms with Crippen LogP contribution in [0.25, 0.3) is 0 Å². The van der Waals surface area contributed by atoms with Crippen LogP contribution in [0, 0.1) is 11.6 Å². The van der Waals surface area contributed by atoms with E-state index in [1.54, 1.807) is 13.8 Å². The van der Waals surface area contributed by atoms with Crippen LogP contribution >= 0.6 is 0 Å². The van der Waals surface area contributed by atoms with Crippen molar-refractivity contribution in [3.05, 3.63) is 94.6 Å². The first-order chi connectivity index (χ1) is 20.8. The predicted octanol–water partition coefficient (Wildman–Crippen LogP) is 6.48. The summed E-state index contributed by atoms with van der Waals surface area (Å²) < 4.78 is 132. The average molecular weight is 653 g/mol. The molecule has 15 heteroatoms. The number of hydrogen-bond acceptors (Lipinski definition) is 5. The second-order valence-electron chi connectivity index (χ2n) is 10.4. The number of primary amides is 1. The lowest BCUT2D eigenvalue weighted by Gasteiger charge is -2.38. The van der Waals surface area contributed by atoms with Crippen LogP contribution in [0.2, 0.25) is 0 Å². The largest absolute Gasteiger partial charge is 0.488 e. The third kappa shape index (κ3) is 9.50. The topological polar surface area (TPSA) is 93.8 Å². The smallest absolute Gasteiger partial charge is 0.461 e. The van der Waals surface area contributed by atoms with Gasteiger partial charge < -0.3 is 25.6 Å². The van der Waals surface area contributed by atoms with Crippen molar-refractivity contribution in [2.75, 3.05) is 6.54 Å². The highest BCUT2D eigenvalue weighted by atomic mass is 19.4. The number of nitrogens with two attached hydrogens (primary N) is 1. The molecule has 0 aliphatic rings. The summed E-state index contributed by atoms with van der Waals surface area (Å²) in [6, 6.07) is 10.5. The highest BCUT2D eigenvalue weighted by molar-refractivity contribution is 5.92. The van der Waals surface area contributed by atoms with Gasteiger partial charge in [-0.1, -0.05) is 18.2 Å².